The summed E-state index contributed by atoms with van der Waals surface area (Å²) in [4.78, 5) is 23.9. The molecule has 5 nitrogen and oxygen atoms in total. The molecule has 3 aromatic carbocycles. The molecule has 2 N–H and O–H groups in total. The molecule has 3 aromatic rings. The minimum atomic E-state index is -1.08. The molecule has 31 heavy (non-hydrogen) atoms. The maximum Gasteiger partial charge on any atom is 0.407 e. The van der Waals surface area contributed by atoms with Crippen LogP contribution in [-0.4, -0.2) is 23.8 Å². The van der Waals surface area contributed by atoms with Crippen molar-refractivity contribution in [1.29, 1.82) is 0 Å². The summed E-state index contributed by atoms with van der Waals surface area (Å²) in [6, 6.07) is 20.1. The number of carboxylic acid groups (broad SMARTS) is 1. The van der Waals surface area contributed by atoms with E-state index in [1.54, 1.807) is 18.2 Å². The Kier molecular flexibility index (Phi) is 6.16. The highest BCUT2D eigenvalue weighted by molar-refractivity contribution is 6.42. The molecule has 1 atom stereocenters. The predicted molar refractivity (Wildman–Crippen MR) is 120 cm³/mol. The van der Waals surface area contributed by atoms with Crippen LogP contribution in [0.4, 0.5) is 4.79 Å². The van der Waals surface area contributed by atoms with Crippen LogP contribution in [0.1, 0.15) is 35.1 Å². The van der Waals surface area contributed by atoms with Gasteiger partial charge in [-0.05, 0) is 33.9 Å². The Morgan fingerprint density at radius 1 is 0.935 bits per heavy atom. The number of fused-ring (bicyclic) bond motifs is 3. The summed E-state index contributed by atoms with van der Waals surface area (Å²) in [6.45, 7) is 0.128. The summed E-state index contributed by atoms with van der Waals surface area (Å²) < 4.78 is 5.52. The van der Waals surface area contributed by atoms with E-state index < -0.39 is 18.1 Å². The zero-order valence-electron chi connectivity index (χ0n) is 16.3. The van der Waals surface area contributed by atoms with Gasteiger partial charge in [0.1, 0.15) is 6.61 Å². The predicted octanol–water partition coefficient (Wildman–Crippen LogP) is 6.05. The van der Waals surface area contributed by atoms with Gasteiger partial charge in [0.2, 0.25) is 0 Å². The molecule has 158 valence electrons. The van der Waals surface area contributed by atoms with Gasteiger partial charge in [-0.1, -0.05) is 83.9 Å². The highest BCUT2D eigenvalue weighted by atomic mass is 35.5. The number of nitrogens with one attached hydrogen (secondary N) is 1. The third kappa shape index (κ3) is 4.38. The third-order valence-electron chi connectivity index (χ3n) is 5.37. The first-order valence-electron chi connectivity index (χ1n) is 9.73. The zero-order chi connectivity index (χ0) is 22.0. The number of halogens is 2. The monoisotopic (exact) mass is 455 g/mol. The van der Waals surface area contributed by atoms with E-state index in [-0.39, 0.29) is 29.0 Å². The SMILES string of the molecule is O=C(O)C[C@H](NC(=O)OCC1c2ccccc2-c2ccccc21)c1cccc(Cl)c1Cl. The average Bonchev–Trinajstić information content (AvgIpc) is 3.07. The molecule has 0 aliphatic heterocycles. The van der Waals surface area contributed by atoms with E-state index in [1.807, 2.05) is 36.4 Å². The van der Waals surface area contributed by atoms with Crippen LogP contribution < -0.4 is 5.32 Å². The Labute approximate surface area is 189 Å². The summed E-state index contributed by atoms with van der Waals surface area (Å²) in [5.74, 6) is -1.18. The molecule has 1 aliphatic rings. The second kappa shape index (κ2) is 9.00. The first-order chi connectivity index (χ1) is 15.0. The van der Waals surface area contributed by atoms with E-state index in [0.29, 0.717) is 5.56 Å². The molecule has 1 amide bonds. The first-order valence-corrected chi connectivity index (χ1v) is 10.5. The fraction of sp³-hybridized carbons (Fsp3) is 0.167. The summed E-state index contributed by atoms with van der Waals surface area (Å²) in [7, 11) is 0. The number of carbonyl (C=O) groups excluding carboxylic acids is 1. The Morgan fingerprint density at radius 3 is 2.16 bits per heavy atom. The van der Waals surface area contributed by atoms with E-state index in [4.69, 9.17) is 27.9 Å². The molecule has 0 saturated carbocycles. The van der Waals surface area contributed by atoms with Crippen molar-refractivity contribution >= 4 is 35.3 Å². The molecule has 1 aliphatic carbocycles. The van der Waals surface area contributed by atoms with Gasteiger partial charge >= 0.3 is 12.1 Å². The van der Waals surface area contributed by atoms with Crippen LogP contribution in [0.25, 0.3) is 11.1 Å². The Hall–Kier alpha value is -3.02. The van der Waals surface area contributed by atoms with E-state index in [0.717, 1.165) is 22.3 Å². The lowest BCUT2D eigenvalue weighted by Crippen LogP contribution is -2.32. The van der Waals surface area contributed by atoms with E-state index in [2.05, 4.69) is 17.4 Å². The van der Waals surface area contributed by atoms with Gasteiger partial charge in [-0.25, -0.2) is 4.79 Å². The van der Waals surface area contributed by atoms with Crippen LogP contribution in [0.15, 0.2) is 66.7 Å². The molecule has 0 fully saturated rings. The third-order valence-corrected chi connectivity index (χ3v) is 6.20. The van der Waals surface area contributed by atoms with Crippen LogP contribution in [0, 0.1) is 0 Å². The van der Waals surface area contributed by atoms with Crippen molar-refractivity contribution in [2.24, 2.45) is 0 Å². The fourth-order valence-corrected chi connectivity index (χ4v) is 4.42. The Balaban J connectivity index is 1.50. The Bertz CT molecular complexity index is 1100. The maximum atomic E-state index is 12.6. The normalized spacial score (nSPS) is 13.2. The zero-order valence-corrected chi connectivity index (χ0v) is 17.9. The molecule has 0 saturated heterocycles. The van der Waals surface area contributed by atoms with Crippen LogP contribution >= 0.6 is 23.2 Å². The summed E-state index contributed by atoms with van der Waals surface area (Å²) in [5, 5.41) is 12.4. The molecule has 0 unspecified atom stereocenters. The molecular weight excluding hydrogens is 437 g/mol. The van der Waals surface area contributed by atoms with Crippen LogP contribution in [0.5, 0.6) is 0 Å². The number of benzene rings is 3. The summed E-state index contributed by atoms with van der Waals surface area (Å²) in [6.07, 6.45) is -1.08. The smallest absolute Gasteiger partial charge is 0.407 e. The number of rotatable bonds is 6. The largest absolute Gasteiger partial charge is 0.481 e. The summed E-state index contributed by atoms with van der Waals surface area (Å²) in [5.41, 5.74) is 4.86. The summed E-state index contributed by atoms with van der Waals surface area (Å²) >= 11 is 12.3. The lowest BCUT2D eigenvalue weighted by atomic mass is 9.98. The number of hydrogen-bond acceptors (Lipinski definition) is 3. The quantitative estimate of drug-likeness (QED) is 0.474. The minimum Gasteiger partial charge on any atom is -0.481 e. The number of amides is 1. The number of aliphatic carboxylic acids is 1. The molecule has 4 rings (SSSR count). The molecule has 0 bridgehead atoms. The first kappa shape index (κ1) is 21.2. The number of carboxylic acids is 1. The van der Waals surface area contributed by atoms with Crippen LogP contribution in [0.3, 0.4) is 0 Å². The number of ether oxygens (including phenoxy) is 1. The van der Waals surface area contributed by atoms with Crippen LogP contribution in [-0.2, 0) is 9.53 Å². The van der Waals surface area contributed by atoms with Crippen molar-refractivity contribution in [3.05, 3.63) is 93.5 Å². The van der Waals surface area contributed by atoms with E-state index >= 15 is 0 Å². The van der Waals surface area contributed by atoms with Crippen molar-refractivity contribution in [2.45, 2.75) is 18.4 Å². The van der Waals surface area contributed by atoms with Gasteiger partial charge in [-0.2, -0.15) is 0 Å². The van der Waals surface area contributed by atoms with Gasteiger partial charge in [0, 0.05) is 5.92 Å². The molecule has 0 aromatic heterocycles. The standard InChI is InChI=1S/C24H19Cl2NO4/c25-20-11-5-10-18(23(20)26)21(12-22(28)29)27-24(30)31-13-19-16-8-3-1-6-14(16)15-7-2-4-9-17(15)19/h1-11,19,21H,12-13H2,(H,27,30)(H,28,29)/t21-/m0/s1. The maximum absolute atomic E-state index is 12.6. The molecule has 0 radical (unpaired) electrons. The number of alkyl carbamates (subject to hydrolysis) is 1. The van der Waals surface area contributed by atoms with Gasteiger partial charge in [0.25, 0.3) is 0 Å². The fourth-order valence-electron chi connectivity index (χ4n) is 3.99. The second-order valence-corrected chi connectivity index (χ2v) is 8.05. The minimum absolute atomic E-state index is 0.0918. The molecular formula is C24H19Cl2NO4. The van der Waals surface area contributed by atoms with E-state index in [1.165, 1.54) is 0 Å². The van der Waals surface area contributed by atoms with Gasteiger partial charge in [0.15, 0.2) is 0 Å². The second-order valence-electron chi connectivity index (χ2n) is 7.26. The molecule has 0 spiro atoms. The van der Waals surface area contributed by atoms with E-state index in [9.17, 15) is 14.7 Å². The highest BCUT2D eigenvalue weighted by Crippen LogP contribution is 2.44. The van der Waals surface area contributed by atoms with Gasteiger partial charge in [-0.15, -0.1) is 0 Å². The van der Waals surface area contributed by atoms with Gasteiger partial charge in [0.05, 0.1) is 22.5 Å². The van der Waals surface area contributed by atoms with Crippen molar-refractivity contribution in [3.63, 3.8) is 0 Å². The van der Waals surface area contributed by atoms with Crippen molar-refractivity contribution < 1.29 is 19.4 Å². The van der Waals surface area contributed by atoms with Crippen molar-refractivity contribution in [1.82, 2.24) is 5.32 Å². The van der Waals surface area contributed by atoms with Crippen LogP contribution in [0.2, 0.25) is 10.0 Å². The molecule has 0 heterocycles. The topological polar surface area (TPSA) is 75.6 Å². The average molecular weight is 456 g/mol. The molecule has 7 heteroatoms. The van der Waals surface area contributed by atoms with Crippen molar-refractivity contribution in [3.8, 4) is 11.1 Å². The van der Waals surface area contributed by atoms with Gasteiger partial charge < -0.3 is 15.2 Å². The number of hydrogen-bond donors (Lipinski definition) is 2. The lowest BCUT2D eigenvalue weighted by molar-refractivity contribution is -0.137. The lowest BCUT2D eigenvalue weighted by Gasteiger charge is -2.20. The Morgan fingerprint density at radius 2 is 1.55 bits per heavy atom. The number of carbonyl (C=O) groups is 2. The highest BCUT2D eigenvalue weighted by Gasteiger charge is 2.29. The van der Waals surface area contributed by atoms with Gasteiger partial charge in [-0.3, -0.25) is 4.79 Å². The van der Waals surface area contributed by atoms with Crippen molar-refractivity contribution in [2.75, 3.05) is 6.61 Å².